The molecule has 5 nitrogen and oxygen atoms in total. The molecule has 0 saturated heterocycles. The van der Waals surface area contributed by atoms with Gasteiger partial charge in [0.05, 0.1) is 5.71 Å². The van der Waals surface area contributed by atoms with Crippen molar-refractivity contribution >= 4 is 28.9 Å². The highest BCUT2D eigenvalue weighted by molar-refractivity contribution is 6.55. The van der Waals surface area contributed by atoms with Crippen molar-refractivity contribution in [1.82, 2.24) is 0 Å². The highest BCUT2D eigenvalue weighted by Gasteiger charge is 2.21. The molecule has 184 valence electrons. The molecule has 0 fully saturated rings. The number of nitrogens with zero attached hydrogens (tertiary/aromatic N) is 1. The fourth-order valence-electron chi connectivity index (χ4n) is 2.84. The van der Waals surface area contributed by atoms with Gasteiger partial charge in [0.2, 0.25) is 0 Å². The third-order valence-electron chi connectivity index (χ3n) is 4.86. The number of rotatable bonds is 11. The molecular weight excluding hydrogens is 485 g/mol. The van der Waals surface area contributed by atoms with Gasteiger partial charge in [-0.25, -0.2) is 0 Å². The first-order valence-corrected chi connectivity index (χ1v) is 11.9. The summed E-state index contributed by atoms with van der Waals surface area (Å²) in [5, 5.41) is 4.35. The molecule has 0 heterocycles. The second-order valence-electron chi connectivity index (χ2n) is 8.69. The maximum atomic E-state index is 5.97. The molecule has 0 aliphatic carbocycles. The molecule has 0 unspecified atom stereocenters. The summed E-state index contributed by atoms with van der Waals surface area (Å²) in [4.78, 5) is 5.59. The van der Waals surface area contributed by atoms with E-state index in [1.807, 2.05) is 78.9 Å². The van der Waals surface area contributed by atoms with Crippen LogP contribution in [0.15, 0.2) is 94.6 Å². The maximum Gasteiger partial charge on any atom is 0.142 e. The number of halogens is 2. The van der Waals surface area contributed by atoms with Crippen LogP contribution in [0.1, 0.15) is 26.3 Å². The zero-order valence-corrected chi connectivity index (χ0v) is 21.6. The van der Waals surface area contributed by atoms with Gasteiger partial charge in [-0.1, -0.05) is 79.5 Å². The van der Waals surface area contributed by atoms with E-state index in [0.29, 0.717) is 42.8 Å². The fourth-order valence-corrected chi connectivity index (χ4v) is 2.96. The molecule has 0 aliphatic rings. The third-order valence-corrected chi connectivity index (χ3v) is 5.17. The van der Waals surface area contributed by atoms with Crippen LogP contribution >= 0.6 is 23.2 Å². The standard InChI is InChI=1S/C28H29Cl2NO4/c1-28(2,3)26(31-34-19-21-7-5-4-6-8-21)20-33-23-11-15-25(16-12-23)35-24-13-9-22(10-14-24)32-18-17-27(29)30/h4-17H,18-20H2,1-3H3. The summed E-state index contributed by atoms with van der Waals surface area (Å²) in [5.74, 6) is 2.79. The molecule has 3 aromatic rings. The van der Waals surface area contributed by atoms with Crippen LogP contribution in [0, 0.1) is 5.41 Å². The van der Waals surface area contributed by atoms with Crippen LogP contribution < -0.4 is 14.2 Å². The third kappa shape index (κ3) is 9.55. The average molecular weight is 514 g/mol. The zero-order valence-electron chi connectivity index (χ0n) is 20.0. The predicted octanol–water partition coefficient (Wildman–Crippen LogP) is 8.17. The summed E-state index contributed by atoms with van der Waals surface area (Å²) in [6, 6.07) is 24.7. The summed E-state index contributed by atoms with van der Waals surface area (Å²) >= 11 is 11.1. The molecule has 0 saturated carbocycles. The van der Waals surface area contributed by atoms with Crippen molar-refractivity contribution in [2.75, 3.05) is 13.2 Å². The van der Waals surface area contributed by atoms with Crippen molar-refractivity contribution in [2.24, 2.45) is 10.6 Å². The molecule has 0 spiro atoms. The Morgan fingerprint density at radius 3 is 1.86 bits per heavy atom. The van der Waals surface area contributed by atoms with Gasteiger partial charge < -0.3 is 19.0 Å². The lowest BCUT2D eigenvalue weighted by atomic mass is 9.90. The van der Waals surface area contributed by atoms with E-state index in [9.17, 15) is 0 Å². The van der Waals surface area contributed by atoms with Gasteiger partial charge in [-0.2, -0.15) is 0 Å². The van der Waals surface area contributed by atoms with Gasteiger partial charge in [0.25, 0.3) is 0 Å². The summed E-state index contributed by atoms with van der Waals surface area (Å²) in [6.45, 7) is 7.28. The molecule has 0 aromatic heterocycles. The van der Waals surface area contributed by atoms with Crippen LogP contribution in [0.4, 0.5) is 0 Å². The van der Waals surface area contributed by atoms with E-state index in [1.165, 1.54) is 0 Å². The van der Waals surface area contributed by atoms with Crippen molar-refractivity contribution in [3.63, 3.8) is 0 Å². The topological polar surface area (TPSA) is 49.3 Å². The normalized spacial score (nSPS) is 11.5. The fraction of sp³-hybridized carbons (Fsp3) is 0.250. The maximum absolute atomic E-state index is 5.97. The second-order valence-corrected chi connectivity index (χ2v) is 9.69. The zero-order chi connectivity index (χ0) is 25.1. The first-order chi connectivity index (χ1) is 16.8. The quantitative estimate of drug-likeness (QED) is 0.191. The van der Waals surface area contributed by atoms with Crippen LogP contribution in [0.3, 0.4) is 0 Å². The van der Waals surface area contributed by atoms with Gasteiger partial charge in [0, 0.05) is 5.41 Å². The smallest absolute Gasteiger partial charge is 0.142 e. The molecular formula is C28H29Cl2NO4. The highest BCUT2D eigenvalue weighted by atomic mass is 35.5. The molecule has 3 rings (SSSR count). The van der Waals surface area contributed by atoms with E-state index in [1.54, 1.807) is 6.08 Å². The van der Waals surface area contributed by atoms with E-state index in [-0.39, 0.29) is 9.91 Å². The van der Waals surface area contributed by atoms with Gasteiger partial charge >= 0.3 is 0 Å². The first kappa shape index (κ1) is 26.5. The molecule has 3 aromatic carbocycles. The Morgan fingerprint density at radius 1 is 0.771 bits per heavy atom. The lowest BCUT2D eigenvalue weighted by molar-refractivity contribution is 0.125. The van der Waals surface area contributed by atoms with E-state index < -0.39 is 0 Å². The van der Waals surface area contributed by atoms with E-state index in [2.05, 4.69) is 25.9 Å². The lowest BCUT2D eigenvalue weighted by Gasteiger charge is -2.21. The minimum Gasteiger partial charge on any atom is -0.489 e. The highest BCUT2D eigenvalue weighted by Crippen LogP contribution is 2.26. The van der Waals surface area contributed by atoms with Gasteiger partial charge in [0.1, 0.15) is 47.3 Å². The van der Waals surface area contributed by atoms with E-state index in [4.69, 9.17) is 42.3 Å². The van der Waals surface area contributed by atoms with Crippen LogP contribution in [0.2, 0.25) is 0 Å². The SMILES string of the molecule is CC(C)(C)C(COc1ccc(Oc2ccc(OCC=C(Cl)Cl)cc2)cc1)=NOCc1ccccc1. The largest absolute Gasteiger partial charge is 0.489 e. The number of hydrogen-bond donors (Lipinski definition) is 0. The second kappa shape index (κ2) is 13.1. The van der Waals surface area contributed by atoms with Crippen LogP contribution in [0.25, 0.3) is 0 Å². The molecule has 0 N–H and O–H groups in total. The Kier molecular flexibility index (Phi) is 9.88. The Morgan fingerprint density at radius 2 is 1.31 bits per heavy atom. The monoisotopic (exact) mass is 513 g/mol. The number of ether oxygens (including phenoxy) is 3. The lowest BCUT2D eigenvalue weighted by Crippen LogP contribution is -2.27. The van der Waals surface area contributed by atoms with Crippen molar-refractivity contribution in [2.45, 2.75) is 27.4 Å². The molecule has 0 bridgehead atoms. The minimum absolute atomic E-state index is 0.177. The molecule has 0 aliphatic heterocycles. The van der Waals surface area contributed by atoms with Gasteiger partial charge in [-0.05, 0) is 60.2 Å². The van der Waals surface area contributed by atoms with E-state index >= 15 is 0 Å². The molecule has 0 atom stereocenters. The van der Waals surface area contributed by atoms with Crippen molar-refractivity contribution in [1.29, 1.82) is 0 Å². The van der Waals surface area contributed by atoms with Crippen LogP contribution in [-0.4, -0.2) is 18.9 Å². The Hall–Kier alpha value is -3.15. The average Bonchev–Trinajstić information content (AvgIpc) is 2.83. The van der Waals surface area contributed by atoms with Crippen molar-refractivity contribution in [3.8, 4) is 23.0 Å². The Bertz CT molecular complexity index is 1100. The summed E-state index contributed by atoms with van der Waals surface area (Å²) < 4.78 is 17.6. The van der Waals surface area contributed by atoms with E-state index in [0.717, 1.165) is 11.3 Å². The molecule has 7 heteroatoms. The molecule has 35 heavy (non-hydrogen) atoms. The molecule has 0 radical (unpaired) electrons. The summed E-state index contributed by atoms with van der Waals surface area (Å²) in [6.07, 6.45) is 1.57. The van der Waals surface area contributed by atoms with Gasteiger partial charge in [0.15, 0.2) is 0 Å². The Balaban J connectivity index is 1.52. The number of oxime groups is 1. The van der Waals surface area contributed by atoms with Crippen molar-refractivity contribution < 1.29 is 19.0 Å². The first-order valence-electron chi connectivity index (χ1n) is 11.2. The van der Waals surface area contributed by atoms with Crippen molar-refractivity contribution in [3.05, 3.63) is 95.0 Å². The summed E-state index contributed by atoms with van der Waals surface area (Å²) in [7, 11) is 0. The number of hydrogen-bond acceptors (Lipinski definition) is 5. The summed E-state index contributed by atoms with van der Waals surface area (Å²) in [5.41, 5.74) is 1.69. The minimum atomic E-state index is -0.192. The predicted molar refractivity (Wildman–Crippen MR) is 142 cm³/mol. The Labute approximate surface area is 216 Å². The van der Waals surface area contributed by atoms with Gasteiger partial charge in [-0.15, -0.1) is 0 Å². The van der Waals surface area contributed by atoms with Crippen LogP contribution in [0.5, 0.6) is 23.0 Å². The van der Waals surface area contributed by atoms with Gasteiger partial charge in [-0.3, -0.25) is 0 Å². The molecule has 0 amide bonds. The number of benzene rings is 3. The van der Waals surface area contributed by atoms with Crippen LogP contribution in [-0.2, 0) is 11.4 Å².